The molecular weight excluding hydrogens is 383 g/mol. The maximum Gasteiger partial charge on any atom is 0.328 e. The highest BCUT2D eigenvalue weighted by atomic mass is 127. The van der Waals surface area contributed by atoms with E-state index in [2.05, 4.69) is 47.8 Å². The number of halogens is 1. The van der Waals surface area contributed by atoms with Gasteiger partial charge < -0.3 is 10.1 Å². The first kappa shape index (κ1) is 13.7. The summed E-state index contributed by atoms with van der Waals surface area (Å²) in [5.74, 6) is 1.56. The Balaban J connectivity index is 1.99. The predicted octanol–water partition coefficient (Wildman–Crippen LogP) is 2.50. The smallest absolute Gasteiger partial charge is 0.328 e. The zero-order chi connectivity index (χ0) is 14.7. The molecule has 7 nitrogen and oxygen atoms in total. The average molecular weight is 394 g/mol. The third kappa shape index (κ3) is 3.10. The molecule has 0 bridgehead atoms. The summed E-state index contributed by atoms with van der Waals surface area (Å²) in [6.07, 6.45) is 5.03. The van der Waals surface area contributed by atoms with E-state index in [1.807, 2.05) is 24.3 Å². The molecule has 3 rings (SSSR count). The molecular formula is C13H11IN6O. The first-order valence-electron chi connectivity index (χ1n) is 6.11. The normalized spacial score (nSPS) is 10.4. The van der Waals surface area contributed by atoms with Gasteiger partial charge >= 0.3 is 6.01 Å². The van der Waals surface area contributed by atoms with Crippen LogP contribution in [0.5, 0.6) is 11.8 Å². The van der Waals surface area contributed by atoms with Crippen molar-refractivity contribution in [3.05, 3.63) is 46.6 Å². The van der Waals surface area contributed by atoms with Crippen LogP contribution in [0.2, 0.25) is 0 Å². The Morgan fingerprint density at radius 1 is 1.19 bits per heavy atom. The van der Waals surface area contributed by atoms with Crippen molar-refractivity contribution < 1.29 is 4.74 Å². The zero-order valence-electron chi connectivity index (χ0n) is 11.1. The van der Waals surface area contributed by atoms with E-state index in [1.165, 1.54) is 0 Å². The number of aromatic nitrogens is 5. The Morgan fingerprint density at radius 2 is 2.05 bits per heavy atom. The molecule has 2 heterocycles. The van der Waals surface area contributed by atoms with Crippen LogP contribution in [0.3, 0.4) is 0 Å². The Bertz CT molecular complexity index is 746. The second-order valence-electron chi connectivity index (χ2n) is 3.99. The van der Waals surface area contributed by atoms with Gasteiger partial charge in [0.2, 0.25) is 11.9 Å². The van der Waals surface area contributed by atoms with Gasteiger partial charge in [-0.15, -0.1) is 0 Å². The summed E-state index contributed by atoms with van der Waals surface area (Å²) in [5, 5.41) is 2.89. The molecule has 0 amide bonds. The standard InChI is InChI=1S/C13H11IN6O/c1-15-11-17-12(20-7-6-16-8-20)19-13(18-11)21-10-5-3-2-4-9(10)14/h2-8H,1H3,(H,15,17,18,19). The minimum Gasteiger partial charge on any atom is -0.423 e. The monoisotopic (exact) mass is 394 g/mol. The highest BCUT2D eigenvalue weighted by molar-refractivity contribution is 14.1. The van der Waals surface area contributed by atoms with Crippen LogP contribution in [0.25, 0.3) is 5.95 Å². The fraction of sp³-hybridized carbons (Fsp3) is 0.0769. The van der Waals surface area contributed by atoms with E-state index >= 15 is 0 Å². The highest BCUT2D eigenvalue weighted by Gasteiger charge is 2.10. The van der Waals surface area contributed by atoms with Gasteiger partial charge in [0.1, 0.15) is 12.1 Å². The van der Waals surface area contributed by atoms with E-state index in [-0.39, 0.29) is 6.01 Å². The van der Waals surface area contributed by atoms with Crippen LogP contribution >= 0.6 is 22.6 Å². The number of hydrogen-bond donors (Lipinski definition) is 1. The van der Waals surface area contributed by atoms with E-state index < -0.39 is 0 Å². The van der Waals surface area contributed by atoms with Gasteiger partial charge in [-0.05, 0) is 34.7 Å². The number of hydrogen-bond acceptors (Lipinski definition) is 6. The molecule has 0 saturated carbocycles. The van der Waals surface area contributed by atoms with Crippen LogP contribution in [0, 0.1) is 3.57 Å². The molecule has 0 atom stereocenters. The quantitative estimate of drug-likeness (QED) is 0.686. The van der Waals surface area contributed by atoms with Crippen LogP contribution in [-0.2, 0) is 0 Å². The van der Waals surface area contributed by atoms with Crippen LogP contribution in [0.4, 0.5) is 5.95 Å². The van der Waals surface area contributed by atoms with E-state index in [0.29, 0.717) is 17.6 Å². The Morgan fingerprint density at radius 3 is 2.76 bits per heavy atom. The second-order valence-corrected chi connectivity index (χ2v) is 5.16. The van der Waals surface area contributed by atoms with Crippen molar-refractivity contribution in [3.63, 3.8) is 0 Å². The van der Waals surface area contributed by atoms with Crippen molar-refractivity contribution in [3.8, 4) is 17.7 Å². The molecule has 1 aromatic carbocycles. The lowest BCUT2D eigenvalue weighted by Crippen LogP contribution is -2.07. The minimum absolute atomic E-state index is 0.224. The van der Waals surface area contributed by atoms with Crippen molar-refractivity contribution in [1.29, 1.82) is 0 Å². The molecule has 0 aliphatic rings. The third-order valence-corrected chi connectivity index (χ3v) is 3.49. The van der Waals surface area contributed by atoms with Crippen molar-refractivity contribution in [2.24, 2.45) is 0 Å². The van der Waals surface area contributed by atoms with Gasteiger partial charge in [0, 0.05) is 19.4 Å². The fourth-order valence-electron chi connectivity index (χ4n) is 1.62. The Kier molecular flexibility index (Phi) is 3.95. The molecule has 0 radical (unpaired) electrons. The molecule has 0 aliphatic carbocycles. The minimum atomic E-state index is 0.224. The first-order valence-corrected chi connectivity index (χ1v) is 7.18. The molecule has 0 saturated heterocycles. The molecule has 0 fully saturated rings. The molecule has 0 aliphatic heterocycles. The van der Waals surface area contributed by atoms with Gasteiger partial charge in [-0.2, -0.15) is 15.0 Å². The van der Waals surface area contributed by atoms with Crippen molar-refractivity contribution in [2.75, 3.05) is 12.4 Å². The molecule has 2 aromatic heterocycles. The summed E-state index contributed by atoms with van der Waals surface area (Å²) in [6, 6.07) is 7.88. The topological polar surface area (TPSA) is 77.8 Å². The van der Waals surface area contributed by atoms with Crippen LogP contribution in [0.15, 0.2) is 43.0 Å². The molecule has 1 N–H and O–H groups in total. The maximum atomic E-state index is 5.75. The lowest BCUT2D eigenvalue weighted by Gasteiger charge is -2.08. The van der Waals surface area contributed by atoms with Gasteiger partial charge in [-0.3, -0.25) is 4.57 Å². The molecule has 8 heteroatoms. The summed E-state index contributed by atoms with van der Waals surface area (Å²) >= 11 is 2.20. The third-order valence-electron chi connectivity index (χ3n) is 2.60. The SMILES string of the molecule is CNc1nc(Oc2ccccc2I)nc(-n2ccnc2)n1. The molecule has 0 spiro atoms. The van der Waals surface area contributed by atoms with Crippen molar-refractivity contribution in [1.82, 2.24) is 24.5 Å². The number of nitrogens with zero attached hydrogens (tertiary/aromatic N) is 5. The molecule has 21 heavy (non-hydrogen) atoms. The predicted molar refractivity (Wildman–Crippen MR) is 85.7 cm³/mol. The second kappa shape index (κ2) is 6.04. The number of ether oxygens (including phenoxy) is 1. The van der Waals surface area contributed by atoms with Crippen molar-refractivity contribution in [2.45, 2.75) is 0 Å². The summed E-state index contributed by atoms with van der Waals surface area (Å²) in [5.41, 5.74) is 0. The lowest BCUT2D eigenvalue weighted by atomic mass is 10.3. The van der Waals surface area contributed by atoms with Gasteiger partial charge in [0.15, 0.2) is 0 Å². The van der Waals surface area contributed by atoms with Crippen LogP contribution in [0.1, 0.15) is 0 Å². The average Bonchev–Trinajstić information content (AvgIpc) is 3.04. The van der Waals surface area contributed by atoms with E-state index in [1.54, 1.807) is 30.3 Å². The van der Waals surface area contributed by atoms with Crippen LogP contribution < -0.4 is 10.1 Å². The highest BCUT2D eigenvalue weighted by Crippen LogP contribution is 2.24. The number of rotatable bonds is 4. The summed E-state index contributed by atoms with van der Waals surface area (Å²) < 4.78 is 8.41. The van der Waals surface area contributed by atoms with Crippen LogP contribution in [-0.4, -0.2) is 31.6 Å². The number of imidazole rings is 1. The Hall–Kier alpha value is -2.23. The lowest BCUT2D eigenvalue weighted by molar-refractivity contribution is 0.436. The van der Waals surface area contributed by atoms with E-state index in [0.717, 1.165) is 3.57 Å². The number of anilines is 1. The van der Waals surface area contributed by atoms with Gasteiger partial charge in [0.25, 0.3) is 0 Å². The molecule has 0 unspecified atom stereocenters. The van der Waals surface area contributed by atoms with Gasteiger partial charge in [0.05, 0.1) is 3.57 Å². The van der Waals surface area contributed by atoms with E-state index in [4.69, 9.17) is 4.74 Å². The maximum absolute atomic E-state index is 5.75. The number of benzene rings is 1. The van der Waals surface area contributed by atoms with Crippen molar-refractivity contribution >= 4 is 28.5 Å². The summed E-state index contributed by atoms with van der Waals surface area (Å²) in [7, 11) is 1.74. The molecule has 106 valence electrons. The fourth-order valence-corrected chi connectivity index (χ4v) is 2.12. The zero-order valence-corrected chi connectivity index (χ0v) is 13.2. The van der Waals surface area contributed by atoms with E-state index in [9.17, 15) is 0 Å². The summed E-state index contributed by atoms with van der Waals surface area (Å²) in [4.78, 5) is 16.7. The first-order chi connectivity index (χ1) is 10.3. The largest absolute Gasteiger partial charge is 0.423 e. The number of para-hydroxylation sites is 1. The van der Waals surface area contributed by atoms with Gasteiger partial charge in [-0.25, -0.2) is 4.98 Å². The number of nitrogens with one attached hydrogen (secondary N) is 1. The molecule has 3 aromatic rings. The van der Waals surface area contributed by atoms with Gasteiger partial charge in [-0.1, -0.05) is 12.1 Å². The summed E-state index contributed by atoms with van der Waals surface area (Å²) in [6.45, 7) is 0. The Labute approximate surface area is 134 Å².